The van der Waals surface area contributed by atoms with Crippen molar-refractivity contribution in [3.05, 3.63) is 65.0 Å². The Bertz CT molecular complexity index is 1390. The molecule has 206 valence electrons. The summed E-state index contributed by atoms with van der Waals surface area (Å²) in [5, 5.41) is 0. The third-order valence-electron chi connectivity index (χ3n) is 7.16. The Labute approximate surface area is 214 Å². The molecular formula is C25H24F6N2O4S. The fourth-order valence-corrected chi connectivity index (χ4v) is 5.96. The number of benzene rings is 2. The van der Waals surface area contributed by atoms with Crippen LogP contribution in [0.4, 0.5) is 26.3 Å². The van der Waals surface area contributed by atoms with Gasteiger partial charge in [0.15, 0.2) is 9.84 Å². The maximum atomic E-state index is 15.2. The molecule has 13 heteroatoms. The molecule has 4 rings (SSSR count). The standard InChI is InChI=1S/C25H24F6N2O4S/c1-38(36,37)17-4-2-3-15(11-17)21(34)33-10-9-23(27,28)13-24(33,22(32)35)20(14-5-6-14)18-8-7-16(12-19(18)26)25(29,30)31/h2-4,7-8,11-12,14,20H,5-6,9-10,13H2,1H3,(H2,32,35)/t20-,24?/m1/s1. The molecule has 1 saturated heterocycles. The molecule has 2 aromatic carbocycles. The van der Waals surface area contributed by atoms with Crippen LogP contribution >= 0.6 is 0 Å². The van der Waals surface area contributed by atoms with Crippen molar-refractivity contribution in [3.8, 4) is 0 Å². The molecular weight excluding hydrogens is 538 g/mol. The summed E-state index contributed by atoms with van der Waals surface area (Å²) in [6.45, 7) is -0.677. The SMILES string of the molecule is CS(=O)(=O)c1cccc(C(=O)N2CCC(F)(F)CC2(C(N)=O)[C@@H](c2ccc(C(F)(F)F)cc2F)C2CC2)c1. The number of hydrogen-bond acceptors (Lipinski definition) is 4. The summed E-state index contributed by atoms with van der Waals surface area (Å²) in [7, 11) is -3.76. The van der Waals surface area contributed by atoms with Crippen LogP contribution in [0, 0.1) is 11.7 Å². The highest BCUT2D eigenvalue weighted by Crippen LogP contribution is 2.56. The molecule has 0 bridgehead atoms. The number of halogens is 6. The third kappa shape index (κ3) is 5.12. The van der Waals surface area contributed by atoms with Gasteiger partial charge in [-0.1, -0.05) is 12.1 Å². The van der Waals surface area contributed by atoms with Gasteiger partial charge < -0.3 is 10.6 Å². The lowest BCUT2D eigenvalue weighted by molar-refractivity contribution is -0.150. The number of hydrogen-bond donors (Lipinski definition) is 1. The quantitative estimate of drug-likeness (QED) is 0.523. The number of carbonyl (C=O) groups is 2. The predicted octanol–water partition coefficient (Wildman–Crippen LogP) is 4.54. The van der Waals surface area contributed by atoms with E-state index in [4.69, 9.17) is 5.73 Å². The molecule has 0 spiro atoms. The first-order valence-electron chi connectivity index (χ1n) is 11.6. The number of alkyl halides is 5. The second-order valence-corrected chi connectivity index (χ2v) is 11.9. The summed E-state index contributed by atoms with van der Waals surface area (Å²) in [5.74, 6) is -9.28. The number of rotatable bonds is 6. The van der Waals surface area contributed by atoms with E-state index in [2.05, 4.69) is 0 Å². The van der Waals surface area contributed by atoms with E-state index in [9.17, 15) is 40.0 Å². The fourth-order valence-electron chi connectivity index (χ4n) is 5.29. The van der Waals surface area contributed by atoms with E-state index in [-0.39, 0.29) is 16.5 Å². The zero-order valence-corrected chi connectivity index (χ0v) is 20.9. The highest BCUT2D eigenvalue weighted by molar-refractivity contribution is 7.90. The molecule has 0 radical (unpaired) electrons. The van der Waals surface area contributed by atoms with Crippen molar-refractivity contribution in [2.45, 2.75) is 54.1 Å². The largest absolute Gasteiger partial charge is 0.416 e. The van der Waals surface area contributed by atoms with Gasteiger partial charge in [0.2, 0.25) is 5.91 Å². The summed E-state index contributed by atoms with van der Waals surface area (Å²) in [5.41, 5.74) is 1.25. The Balaban J connectivity index is 1.90. The normalized spacial score (nSPS) is 22.7. The lowest BCUT2D eigenvalue weighted by Gasteiger charge is -2.51. The Morgan fingerprint density at radius 1 is 1.11 bits per heavy atom. The van der Waals surface area contributed by atoms with Crippen molar-refractivity contribution in [3.63, 3.8) is 0 Å². The molecule has 38 heavy (non-hydrogen) atoms. The molecule has 6 nitrogen and oxygen atoms in total. The van der Waals surface area contributed by atoms with Crippen molar-refractivity contribution in [1.29, 1.82) is 0 Å². The minimum Gasteiger partial charge on any atom is -0.368 e. The Hall–Kier alpha value is -3.09. The van der Waals surface area contributed by atoms with E-state index in [1.54, 1.807) is 0 Å². The average Bonchev–Trinajstić information content (AvgIpc) is 3.63. The summed E-state index contributed by atoms with van der Waals surface area (Å²) in [4.78, 5) is 27.4. The number of sulfone groups is 1. The van der Waals surface area contributed by atoms with Crippen molar-refractivity contribution < 1.29 is 44.3 Å². The zero-order valence-electron chi connectivity index (χ0n) is 20.1. The third-order valence-corrected chi connectivity index (χ3v) is 8.27. The van der Waals surface area contributed by atoms with E-state index in [1.165, 1.54) is 18.2 Å². The van der Waals surface area contributed by atoms with Crippen molar-refractivity contribution in [1.82, 2.24) is 4.90 Å². The fraction of sp³-hybridized carbons (Fsp3) is 0.440. The summed E-state index contributed by atoms with van der Waals surface area (Å²) in [6.07, 6.45) is -5.40. The molecule has 1 unspecified atom stereocenters. The second-order valence-electron chi connectivity index (χ2n) is 9.88. The van der Waals surface area contributed by atoms with Gasteiger partial charge in [0.05, 0.1) is 10.5 Å². The smallest absolute Gasteiger partial charge is 0.368 e. The topological polar surface area (TPSA) is 97.5 Å². The summed E-state index contributed by atoms with van der Waals surface area (Å²) in [6, 6.07) is 6.37. The van der Waals surface area contributed by atoms with Crippen molar-refractivity contribution >= 4 is 21.7 Å². The molecule has 2 aromatic rings. The molecule has 2 aliphatic rings. The van der Waals surface area contributed by atoms with Crippen LogP contribution in [0.5, 0.6) is 0 Å². The number of primary amides is 1. The molecule has 1 aliphatic heterocycles. The molecule has 2 atom stereocenters. The maximum absolute atomic E-state index is 15.2. The first kappa shape index (κ1) is 27.9. The van der Waals surface area contributed by atoms with Gasteiger partial charge >= 0.3 is 6.18 Å². The van der Waals surface area contributed by atoms with Crippen LogP contribution in [0.15, 0.2) is 47.4 Å². The van der Waals surface area contributed by atoms with Crippen molar-refractivity contribution in [2.75, 3.05) is 12.8 Å². The molecule has 2 N–H and O–H groups in total. The molecule has 2 fully saturated rings. The minimum absolute atomic E-state index is 0.224. The van der Waals surface area contributed by atoms with E-state index < -0.39 is 87.5 Å². The lowest BCUT2D eigenvalue weighted by atomic mass is 9.68. The van der Waals surface area contributed by atoms with Crippen LogP contribution in [0.1, 0.15) is 53.1 Å². The highest BCUT2D eigenvalue weighted by atomic mass is 32.2. The van der Waals surface area contributed by atoms with Gasteiger partial charge in [0, 0.05) is 37.1 Å². The molecule has 1 heterocycles. The second kappa shape index (κ2) is 9.28. The summed E-state index contributed by atoms with van der Waals surface area (Å²) < 4.78 is 109. The van der Waals surface area contributed by atoms with Crippen LogP contribution in [-0.4, -0.2) is 49.4 Å². The van der Waals surface area contributed by atoms with Gasteiger partial charge in [0.1, 0.15) is 11.4 Å². The molecule has 2 amide bonds. The first-order valence-corrected chi connectivity index (χ1v) is 13.5. The number of nitrogens with zero attached hydrogens (tertiary/aromatic N) is 1. The number of piperidine rings is 1. The van der Waals surface area contributed by atoms with E-state index in [0.717, 1.165) is 23.3 Å². The lowest BCUT2D eigenvalue weighted by Crippen LogP contribution is -2.68. The number of carbonyl (C=O) groups excluding carboxylic acids is 2. The Kier molecular flexibility index (Phi) is 6.82. The molecule has 0 aromatic heterocycles. The number of nitrogens with two attached hydrogens (primary N) is 1. The summed E-state index contributed by atoms with van der Waals surface area (Å²) >= 11 is 0. The Morgan fingerprint density at radius 3 is 2.29 bits per heavy atom. The van der Waals surface area contributed by atoms with Gasteiger partial charge in [-0.25, -0.2) is 21.6 Å². The van der Waals surface area contributed by atoms with Crippen LogP contribution in [-0.2, 0) is 20.8 Å². The number of amides is 2. The van der Waals surface area contributed by atoms with Crippen LogP contribution in [0.3, 0.4) is 0 Å². The Morgan fingerprint density at radius 2 is 1.76 bits per heavy atom. The highest BCUT2D eigenvalue weighted by Gasteiger charge is 2.63. The average molecular weight is 563 g/mol. The number of likely N-dealkylation sites (tertiary alicyclic amines) is 1. The zero-order chi connectivity index (χ0) is 28.3. The van der Waals surface area contributed by atoms with Gasteiger partial charge in [-0.2, -0.15) is 13.2 Å². The van der Waals surface area contributed by atoms with Crippen LogP contribution in [0.25, 0.3) is 0 Å². The minimum atomic E-state index is -4.87. The first-order chi connectivity index (χ1) is 17.5. The van der Waals surface area contributed by atoms with E-state index in [1.807, 2.05) is 0 Å². The van der Waals surface area contributed by atoms with Crippen LogP contribution in [0.2, 0.25) is 0 Å². The van der Waals surface area contributed by atoms with Gasteiger partial charge in [-0.05, 0) is 54.7 Å². The van der Waals surface area contributed by atoms with Gasteiger partial charge in [0.25, 0.3) is 11.8 Å². The monoisotopic (exact) mass is 562 g/mol. The molecule has 1 saturated carbocycles. The maximum Gasteiger partial charge on any atom is 0.416 e. The van der Waals surface area contributed by atoms with E-state index in [0.29, 0.717) is 18.9 Å². The van der Waals surface area contributed by atoms with Crippen molar-refractivity contribution in [2.24, 2.45) is 11.7 Å². The van der Waals surface area contributed by atoms with Crippen LogP contribution < -0.4 is 5.73 Å². The van der Waals surface area contributed by atoms with Gasteiger partial charge in [-0.3, -0.25) is 9.59 Å². The predicted molar refractivity (Wildman–Crippen MR) is 124 cm³/mol. The van der Waals surface area contributed by atoms with E-state index >= 15 is 4.39 Å². The molecule has 1 aliphatic carbocycles. The van der Waals surface area contributed by atoms with Gasteiger partial charge in [-0.15, -0.1) is 0 Å².